The van der Waals surface area contributed by atoms with Gasteiger partial charge in [-0.3, -0.25) is 5.10 Å². The van der Waals surface area contributed by atoms with E-state index in [1.807, 2.05) is 0 Å². The number of hydrogen-bond donors (Lipinski definition) is 3. The third-order valence-electron chi connectivity index (χ3n) is 2.76. The normalized spacial score (nSPS) is 11.4. The van der Waals surface area contributed by atoms with Crippen LogP contribution in [0.1, 0.15) is 22.6 Å². The summed E-state index contributed by atoms with van der Waals surface area (Å²) in [6.07, 6.45) is 2.55. The average molecular weight is 310 g/mol. The average Bonchev–Trinajstić information content (AvgIpc) is 2.97. The van der Waals surface area contributed by atoms with Crippen molar-refractivity contribution in [1.82, 2.24) is 19.9 Å². The van der Waals surface area contributed by atoms with Gasteiger partial charge in [-0.05, 0) is 30.7 Å². The highest BCUT2D eigenvalue weighted by atomic mass is 32.2. The van der Waals surface area contributed by atoms with Gasteiger partial charge >= 0.3 is 5.97 Å². The zero-order chi connectivity index (χ0) is 15.3. The Balaban J connectivity index is 1.90. The Morgan fingerprint density at radius 1 is 1.29 bits per heavy atom. The van der Waals surface area contributed by atoms with Gasteiger partial charge in [-0.25, -0.2) is 22.9 Å². The molecule has 1 heterocycles. The van der Waals surface area contributed by atoms with Crippen LogP contribution in [0.4, 0.5) is 0 Å². The molecule has 112 valence electrons. The van der Waals surface area contributed by atoms with Gasteiger partial charge in [-0.15, -0.1) is 0 Å². The highest BCUT2D eigenvalue weighted by Gasteiger charge is 2.14. The van der Waals surface area contributed by atoms with E-state index in [-0.39, 0.29) is 17.0 Å². The number of hydrogen-bond acceptors (Lipinski definition) is 5. The number of carbonyl (C=O) groups is 1. The Morgan fingerprint density at radius 2 is 2.00 bits per heavy atom. The summed E-state index contributed by atoms with van der Waals surface area (Å²) in [7, 11) is -3.63. The van der Waals surface area contributed by atoms with Crippen LogP contribution in [-0.2, 0) is 16.4 Å². The predicted octanol–water partition coefficient (Wildman–Crippen LogP) is 0.414. The minimum Gasteiger partial charge on any atom is -0.478 e. The van der Waals surface area contributed by atoms with Gasteiger partial charge in [0.15, 0.2) is 0 Å². The molecule has 8 nitrogen and oxygen atoms in total. The first-order valence-electron chi connectivity index (χ1n) is 6.16. The van der Waals surface area contributed by atoms with Crippen molar-refractivity contribution in [3.63, 3.8) is 0 Å². The van der Waals surface area contributed by atoms with E-state index in [2.05, 4.69) is 19.9 Å². The van der Waals surface area contributed by atoms with Crippen molar-refractivity contribution in [3.05, 3.63) is 42.0 Å². The molecule has 0 saturated carbocycles. The van der Waals surface area contributed by atoms with Crippen LogP contribution < -0.4 is 4.72 Å². The Kier molecular flexibility index (Phi) is 4.66. The number of H-pyrrole nitrogens is 1. The zero-order valence-electron chi connectivity index (χ0n) is 11.0. The minimum absolute atomic E-state index is 0.0344. The highest BCUT2D eigenvalue weighted by molar-refractivity contribution is 7.89. The maximum atomic E-state index is 12.0. The molecule has 0 radical (unpaired) electrons. The van der Waals surface area contributed by atoms with E-state index in [4.69, 9.17) is 5.11 Å². The second-order valence-corrected chi connectivity index (χ2v) is 6.03. The van der Waals surface area contributed by atoms with Crippen molar-refractivity contribution in [1.29, 1.82) is 0 Å². The summed E-state index contributed by atoms with van der Waals surface area (Å²) < 4.78 is 26.4. The second kappa shape index (κ2) is 6.46. The van der Waals surface area contributed by atoms with E-state index in [1.54, 1.807) is 0 Å². The number of rotatable bonds is 7. The number of aromatic amines is 1. The first-order chi connectivity index (χ1) is 9.99. The standard InChI is InChI=1S/C12H14N4O4S/c17-12(18)9-3-5-10(6-4-9)21(19,20)15-7-1-2-11-13-8-14-16-11/h3-6,8,15H,1-2,7H2,(H,17,18)(H,13,14,16). The van der Waals surface area contributed by atoms with Gasteiger partial charge in [0.25, 0.3) is 0 Å². The van der Waals surface area contributed by atoms with Gasteiger partial charge in [0.05, 0.1) is 10.5 Å². The molecule has 0 spiro atoms. The molecule has 21 heavy (non-hydrogen) atoms. The molecule has 0 unspecified atom stereocenters. The molecular formula is C12H14N4O4S. The highest BCUT2D eigenvalue weighted by Crippen LogP contribution is 2.10. The van der Waals surface area contributed by atoms with Crippen molar-refractivity contribution in [2.45, 2.75) is 17.7 Å². The molecule has 0 aliphatic heterocycles. The van der Waals surface area contributed by atoms with Gasteiger partial charge in [0, 0.05) is 13.0 Å². The maximum absolute atomic E-state index is 12.0. The number of nitrogens with one attached hydrogen (secondary N) is 2. The third-order valence-corrected chi connectivity index (χ3v) is 4.24. The van der Waals surface area contributed by atoms with Crippen LogP contribution >= 0.6 is 0 Å². The molecule has 0 saturated heterocycles. The Hall–Kier alpha value is -2.26. The summed E-state index contributed by atoms with van der Waals surface area (Å²) in [6.45, 7) is 0.254. The number of aromatic nitrogens is 3. The van der Waals surface area contributed by atoms with E-state index < -0.39 is 16.0 Å². The summed E-state index contributed by atoms with van der Waals surface area (Å²) in [5, 5.41) is 15.1. The SMILES string of the molecule is O=C(O)c1ccc(S(=O)(=O)NCCCc2ncn[nH]2)cc1. The molecular weight excluding hydrogens is 296 g/mol. The van der Waals surface area contributed by atoms with E-state index in [9.17, 15) is 13.2 Å². The van der Waals surface area contributed by atoms with Gasteiger partial charge in [-0.1, -0.05) is 0 Å². The van der Waals surface area contributed by atoms with Crippen LogP contribution in [0.2, 0.25) is 0 Å². The number of carboxylic acids is 1. The van der Waals surface area contributed by atoms with Gasteiger partial charge in [0.1, 0.15) is 12.2 Å². The number of carboxylic acid groups (broad SMARTS) is 1. The van der Waals surface area contributed by atoms with Crippen LogP contribution in [0.5, 0.6) is 0 Å². The molecule has 2 rings (SSSR count). The first-order valence-corrected chi connectivity index (χ1v) is 7.64. The van der Waals surface area contributed by atoms with Crippen LogP contribution in [0, 0.1) is 0 Å². The van der Waals surface area contributed by atoms with Gasteiger partial charge < -0.3 is 5.11 Å². The zero-order valence-corrected chi connectivity index (χ0v) is 11.8. The molecule has 0 fully saturated rings. The fourth-order valence-corrected chi connectivity index (χ4v) is 2.75. The van der Waals surface area contributed by atoms with Crippen molar-refractivity contribution in [3.8, 4) is 0 Å². The van der Waals surface area contributed by atoms with Gasteiger partial charge in [-0.2, -0.15) is 5.10 Å². The molecule has 2 aromatic rings. The summed E-state index contributed by atoms with van der Waals surface area (Å²) >= 11 is 0. The van der Waals surface area contributed by atoms with Gasteiger partial charge in [0.2, 0.25) is 10.0 Å². The second-order valence-electron chi connectivity index (χ2n) is 4.26. The third kappa shape index (κ3) is 4.10. The fraction of sp³-hybridized carbons (Fsp3) is 0.250. The summed E-state index contributed by atoms with van der Waals surface area (Å²) in [5.41, 5.74) is 0.0410. The lowest BCUT2D eigenvalue weighted by Crippen LogP contribution is -2.25. The van der Waals surface area contributed by atoms with E-state index in [0.29, 0.717) is 18.7 Å². The van der Waals surface area contributed by atoms with E-state index >= 15 is 0 Å². The molecule has 0 aliphatic carbocycles. The number of benzene rings is 1. The van der Waals surface area contributed by atoms with Crippen LogP contribution in [0.15, 0.2) is 35.5 Å². The monoisotopic (exact) mass is 310 g/mol. The number of nitrogens with zero attached hydrogens (tertiary/aromatic N) is 2. The molecule has 0 amide bonds. The molecule has 0 bridgehead atoms. The molecule has 0 atom stereocenters. The summed E-state index contributed by atoms with van der Waals surface area (Å²) in [5.74, 6) is -0.404. The van der Waals surface area contributed by atoms with Crippen molar-refractivity contribution >= 4 is 16.0 Å². The molecule has 1 aromatic carbocycles. The number of aromatic carboxylic acids is 1. The van der Waals surface area contributed by atoms with Crippen LogP contribution in [-0.4, -0.2) is 41.2 Å². The smallest absolute Gasteiger partial charge is 0.335 e. The maximum Gasteiger partial charge on any atom is 0.335 e. The predicted molar refractivity (Wildman–Crippen MR) is 73.3 cm³/mol. The Bertz CT molecular complexity index is 695. The number of sulfonamides is 1. The summed E-state index contributed by atoms with van der Waals surface area (Å²) in [4.78, 5) is 14.7. The van der Waals surface area contributed by atoms with Crippen LogP contribution in [0.3, 0.4) is 0 Å². The van der Waals surface area contributed by atoms with Crippen molar-refractivity contribution in [2.75, 3.05) is 6.54 Å². The molecule has 3 N–H and O–H groups in total. The molecule has 0 aliphatic rings. The van der Waals surface area contributed by atoms with E-state index in [1.165, 1.54) is 30.6 Å². The number of aryl methyl sites for hydroxylation is 1. The first kappa shape index (κ1) is 15.1. The topological polar surface area (TPSA) is 125 Å². The molecule has 1 aromatic heterocycles. The van der Waals surface area contributed by atoms with Crippen LogP contribution in [0.25, 0.3) is 0 Å². The quantitative estimate of drug-likeness (QED) is 0.636. The summed E-state index contributed by atoms with van der Waals surface area (Å²) in [6, 6.07) is 5.04. The minimum atomic E-state index is -3.63. The lowest BCUT2D eigenvalue weighted by atomic mass is 10.2. The largest absolute Gasteiger partial charge is 0.478 e. The Labute approximate surface area is 121 Å². The van der Waals surface area contributed by atoms with Crippen molar-refractivity contribution < 1.29 is 18.3 Å². The Morgan fingerprint density at radius 3 is 2.57 bits per heavy atom. The van der Waals surface area contributed by atoms with E-state index in [0.717, 1.165) is 0 Å². The lowest BCUT2D eigenvalue weighted by Gasteiger charge is -2.06. The lowest BCUT2D eigenvalue weighted by molar-refractivity contribution is 0.0696. The van der Waals surface area contributed by atoms with Crippen molar-refractivity contribution in [2.24, 2.45) is 0 Å². The fourth-order valence-electron chi connectivity index (χ4n) is 1.67. The molecule has 9 heteroatoms.